The van der Waals surface area contributed by atoms with Crippen molar-refractivity contribution in [2.45, 2.75) is 51.5 Å². The van der Waals surface area contributed by atoms with Crippen LogP contribution in [0.5, 0.6) is 5.75 Å². The van der Waals surface area contributed by atoms with E-state index >= 15 is 0 Å². The van der Waals surface area contributed by atoms with Gasteiger partial charge in [-0.2, -0.15) is 0 Å². The molecule has 1 aromatic carbocycles. The third-order valence-corrected chi connectivity index (χ3v) is 5.50. The van der Waals surface area contributed by atoms with Gasteiger partial charge in [-0.05, 0) is 50.2 Å². The second kappa shape index (κ2) is 7.89. The summed E-state index contributed by atoms with van der Waals surface area (Å²) in [4.78, 5) is 26.3. The lowest BCUT2D eigenvalue weighted by molar-refractivity contribution is -0.133. The Bertz CT molecular complexity index is 598. The number of hydrogen-bond donors (Lipinski definition) is 1. The average Bonchev–Trinajstić information content (AvgIpc) is 2.96. The SMILES string of the molecule is CC1CC2(CCC2)CN1C(=O)CNC(=O)CCCOc1ccccc1. The number of ether oxygens (including phenoxy) is 1. The van der Waals surface area contributed by atoms with Crippen LogP contribution in [0.15, 0.2) is 30.3 Å². The van der Waals surface area contributed by atoms with Crippen LogP contribution in [0.2, 0.25) is 0 Å². The molecule has 1 aliphatic heterocycles. The number of para-hydroxylation sites is 1. The molecule has 1 atom stereocenters. The third-order valence-electron chi connectivity index (χ3n) is 5.50. The summed E-state index contributed by atoms with van der Waals surface area (Å²) < 4.78 is 5.56. The molecule has 25 heavy (non-hydrogen) atoms. The van der Waals surface area contributed by atoms with Crippen LogP contribution in [0.25, 0.3) is 0 Å². The van der Waals surface area contributed by atoms with Crippen molar-refractivity contribution < 1.29 is 14.3 Å². The van der Waals surface area contributed by atoms with Crippen LogP contribution in [0.3, 0.4) is 0 Å². The highest BCUT2D eigenvalue weighted by molar-refractivity contribution is 5.85. The number of carbonyl (C=O) groups excluding carboxylic acids is 2. The van der Waals surface area contributed by atoms with Crippen LogP contribution in [0.1, 0.15) is 45.4 Å². The fourth-order valence-corrected chi connectivity index (χ4v) is 4.00. The normalized spacial score (nSPS) is 21.0. The molecular formula is C20H28N2O3. The molecule has 1 saturated carbocycles. The number of amides is 2. The fraction of sp³-hybridized carbons (Fsp3) is 0.600. The molecule has 0 bridgehead atoms. The summed E-state index contributed by atoms with van der Waals surface area (Å²) in [6, 6.07) is 9.85. The van der Waals surface area contributed by atoms with E-state index in [4.69, 9.17) is 4.74 Å². The maximum absolute atomic E-state index is 12.4. The highest BCUT2D eigenvalue weighted by atomic mass is 16.5. The standard InChI is InChI=1S/C20H28N2O3/c1-16-13-20(10-6-11-20)15-22(16)19(24)14-21-18(23)9-5-12-25-17-7-3-2-4-8-17/h2-4,7-8,16H,5-6,9-15H2,1H3,(H,21,23). The van der Waals surface area contributed by atoms with Gasteiger partial charge in [-0.15, -0.1) is 0 Å². The van der Waals surface area contributed by atoms with Gasteiger partial charge in [-0.1, -0.05) is 24.6 Å². The van der Waals surface area contributed by atoms with Gasteiger partial charge in [0, 0.05) is 19.0 Å². The van der Waals surface area contributed by atoms with Crippen molar-refractivity contribution in [3.05, 3.63) is 30.3 Å². The van der Waals surface area contributed by atoms with Crippen LogP contribution in [-0.4, -0.2) is 42.5 Å². The number of benzene rings is 1. The zero-order valence-corrected chi connectivity index (χ0v) is 15.0. The second-order valence-corrected chi connectivity index (χ2v) is 7.47. The Kier molecular flexibility index (Phi) is 5.61. The first kappa shape index (κ1) is 17.8. The van der Waals surface area contributed by atoms with E-state index in [1.165, 1.54) is 19.3 Å². The Morgan fingerprint density at radius 2 is 2.04 bits per heavy atom. The van der Waals surface area contributed by atoms with Gasteiger partial charge in [0.15, 0.2) is 0 Å². The molecule has 2 amide bonds. The Morgan fingerprint density at radius 1 is 1.28 bits per heavy atom. The van der Waals surface area contributed by atoms with Gasteiger partial charge in [-0.3, -0.25) is 9.59 Å². The summed E-state index contributed by atoms with van der Waals surface area (Å²) in [6.45, 7) is 3.59. The molecule has 5 nitrogen and oxygen atoms in total. The van der Waals surface area contributed by atoms with Crippen molar-refractivity contribution in [1.29, 1.82) is 0 Å². The number of nitrogens with one attached hydrogen (secondary N) is 1. The van der Waals surface area contributed by atoms with Crippen molar-refractivity contribution >= 4 is 11.8 Å². The minimum absolute atomic E-state index is 0.0464. The van der Waals surface area contributed by atoms with Crippen LogP contribution >= 0.6 is 0 Å². The summed E-state index contributed by atoms with van der Waals surface area (Å²) in [5, 5.41) is 2.76. The van der Waals surface area contributed by atoms with E-state index in [0.29, 0.717) is 30.9 Å². The van der Waals surface area contributed by atoms with Gasteiger partial charge in [0.1, 0.15) is 5.75 Å². The minimum atomic E-state index is -0.0878. The molecule has 1 aliphatic carbocycles. The zero-order valence-electron chi connectivity index (χ0n) is 15.0. The van der Waals surface area contributed by atoms with Crippen LogP contribution in [-0.2, 0) is 9.59 Å². The van der Waals surface area contributed by atoms with E-state index < -0.39 is 0 Å². The fourth-order valence-electron chi connectivity index (χ4n) is 4.00. The first-order chi connectivity index (χ1) is 12.1. The van der Waals surface area contributed by atoms with Gasteiger partial charge >= 0.3 is 0 Å². The molecule has 2 aliphatic rings. The van der Waals surface area contributed by atoms with E-state index in [2.05, 4.69) is 12.2 Å². The molecule has 1 unspecified atom stereocenters. The van der Waals surface area contributed by atoms with Crippen molar-refractivity contribution in [3.63, 3.8) is 0 Å². The smallest absolute Gasteiger partial charge is 0.242 e. The summed E-state index contributed by atoms with van der Waals surface area (Å²) in [5.41, 5.74) is 0.383. The lowest BCUT2D eigenvalue weighted by atomic mass is 9.68. The molecule has 1 heterocycles. The van der Waals surface area contributed by atoms with E-state index in [1.54, 1.807) is 0 Å². The highest BCUT2D eigenvalue weighted by Crippen LogP contribution is 2.50. The number of nitrogens with zero attached hydrogens (tertiary/aromatic N) is 1. The number of likely N-dealkylation sites (tertiary alicyclic amines) is 1. The third kappa shape index (κ3) is 4.53. The molecule has 2 fully saturated rings. The molecule has 5 heteroatoms. The molecule has 1 saturated heterocycles. The monoisotopic (exact) mass is 344 g/mol. The van der Waals surface area contributed by atoms with E-state index in [-0.39, 0.29) is 18.4 Å². The number of carbonyl (C=O) groups is 2. The zero-order chi connectivity index (χ0) is 17.7. The Hall–Kier alpha value is -2.04. The molecule has 1 spiro atoms. The summed E-state index contributed by atoms with van der Waals surface area (Å²) in [5.74, 6) is 0.770. The van der Waals surface area contributed by atoms with E-state index in [0.717, 1.165) is 18.7 Å². The Labute approximate surface area is 149 Å². The van der Waals surface area contributed by atoms with Gasteiger partial charge in [0.25, 0.3) is 0 Å². The lowest BCUT2D eigenvalue weighted by Crippen LogP contribution is -2.43. The summed E-state index contributed by atoms with van der Waals surface area (Å²) in [7, 11) is 0. The van der Waals surface area contributed by atoms with E-state index in [9.17, 15) is 9.59 Å². The molecule has 1 aromatic rings. The largest absolute Gasteiger partial charge is 0.494 e. The predicted octanol–water partition coefficient (Wildman–Crippen LogP) is 2.75. The summed E-state index contributed by atoms with van der Waals surface area (Å²) >= 11 is 0. The molecule has 1 N–H and O–H groups in total. The van der Waals surface area contributed by atoms with Crippen LogP contribution in [0.4, 0.5) is 0 Å². The molecule has 0 radical (unpaired) electrons. The van der Waals surface area contributed by atoms with Crippen LogP contribution in [0, 0.1) is 5.41 Å². The average molecular weight is 344 g/mol. The van der Waals surface area contributed by atoms with Crippen molar-refractivity contribution in [2.24, 2.45) is 5.41 Å². The van der Waals surface area contributed by atoms with Crippen LogP contribution < -0.4 is 10.1 Å². The van der Waals surface area contributed by atoms with Crippen molar-refractivity contribution in [1.82, 2.24) is 10.2 Å². The number of rotatable bonds is 7. The second-order valence-electron chi connectivity index (χ2n) is 7.47. The highest BCUT2D eigenvalue weighted by Gasteiger charge is 2.47. The molecule has 136 valence electrons. The minimum Gasteiger partial charge on any atom is -0.494 e. The Balaban J connectivity index is 1.31. The lowest BCUT2D eigenvalue weighted by Gasteiger charge is -2.37. The van der Waals surface area contributed by atoms with E-state index in [1.807, 2.05) is 35.2 Å². The topological polar surface area (TPSA) is 58.6 Å². The van der Waals surface area contributed by atoms with Gasteiger partial charge in [-0.25, -0.2) is 0 Å². The van der Waals surface area contributed by atoms with Crippen molar-refractivity contribution in [2.75, 3.05) is 19.7 Å². The van der Waals surface area contributed by atoms with Gasteiger partial charge in [0.05, 0.1) is 13.2 Å². The predicted molar refractivity (Wildman–Crippen MR) is 96.3 cm³/mol. The maximum Gasteiger partial charge on any atom is 0.242 e. The first-order valence-electron chi connectivity index (χ1n) is 9.32. The quantitative estimate of drug-likeness (QED) is 0.774. The molecule has 0 aromatic heterocycles. The van der Waals surface area contributed by atoms with Gasteiger partial charge < -0.3 is 15.0 Å². The number of hydrogen-bond acceptors (Lipinski definition) is 3. The Morgan fingerprint density at radius 3 is 2.68 bits per heavy atom. The van der Waals surface area contributed by atoms with Gasteiger partial charge in [0.2, 0.25) is 11.8 Å². The molecular weight excluding hydrogens is 316 g/mol. The molecule has 3 rings (SSSR count). The summed E-state index contributed by atoms with van der Waals surface area (Å²) in [6.07, 6.45) is 5.90. The van der Waals surface area contributed by atoms with Crippen molar-refractivity contribution in [3.8, 4) is 5.75 Å². The maximum atomic E-state index is 12.4. The first-order valence-corrected chi connectivity index (χ1v) is 9.32.